The van der Waals surface area contributed by atoms with E-state index in [0.29, 0.717) is 34.9 Å². The Kier molecular flexibility index (Phi) is 10.1. The number of nitrogens with one attached hydrogen (secondary N) is 2. The van der Waals surface area contributed by atoms with Gasteiger partial charge in [0.05, 0.1) is 16.7 Å². The molecule has 0 bridgehead atoms. The van der Waals surface area contributed by atoms with Crippen molar-refractivity contribution in [3.8, 4) is 0 Å². The molecule has 0 heterocycles. The van der Waals surface area contributed by atoms with Gasteiger partial charge in [-0.3, -0.25) is 4.79 Å². The van der Waals surface area contributed by atoms with Gasteiger partial charge in [-0.25, -0.2) is 13.2 Å². The highest BCUT2D eigenvalue weighted by molar-refractivity contribution is 7.90. The number of rotatable bonds is 11. The molecule has 0 radical (unpaired) electrons. The van der Waals surface area contributed by atoms with E-state index in [1.807, 2.05) is 20.8 Å². The van der Waals surface area contributed by atoms with Crippen LogP contribution in [-0.4, -0.2) is 26.3 Å². The lowest BCUT2D eigenvalue weighted by Gasteiger charge is -2.23. The summed E-state index contributed by atoms with van der Waals surface area (Å²) >= 11 is 0. The quantitative estimate of drug-likeness (QED) is 0.363. The van der Waals surface area contributed by atoms with Crippen LogP contribution in [0.3, 0.4) is 0 Å². The molecule has 2 amide bonds. The predicted molar refractivity (Wildman–Crippen MR) is 145 cm³/mol. The smallest absolute Gasteiger partial charge is 0.319 e. The SMILES string of the molecule is Cc1ccc(S(=O)(=O)Cc2ccc(NC(=O)N[C@H](CC(C)C)C(=O)CCC3CCCCC3)cc2)cc1. The Balaban J connectivity index is 1.54. The highest BCUT2D eigenvalue weighted by Crippen LogP contribution is 2.27. The summed E-state index contributed by atoms with van der Waals surface area (Å²) in [6, 6.07) is 12.6. The number of carbonyl (C=O) groups excluding carboxylic acids is 2. The minimum absolute atomic E-state index is 0.0982. The number of hydrogen-bond acceptors (Lipinski definition) is 4. The second-order valence-corrected chi connectivity index (χ2v) is 12.5. The van der Waals surface area contributed by atoms with Crippen molar-refractivity contribution in [3.63, 3.8) is 0 Å². The molecule has 0 aromatic heterocycles. The minimum atomic E-state index is -3.45. The van der Waals surface area contributed by atoms with Gasteiger partial charge >= 0.3 is 6.03 Å². The number of Topliss-reactive ketones (excluding diaryl/α,β-unsaturated/α-hetero) is 1. The van der Waals surface area contributed by atoms with Gasteiger partial charge in [0.2, 0.25) is 0 Å². The topological polar surface area (TPSA) is 92.3 Å². The van der Waals surface area contributed by atoms with Gasteiger partial charge in [0.1, 0.15) is 0 Å². The first-order chi connectivity index (χ1) is 17.1. The lowest BCUT2D eigenvalue weighted by molar-refractivity contribution is -0.121. The van der Waals surface area contributed by atoms with Crippen molar-refractivity contribution in [1.29, 1.82) is 0 Å². The second kappa shape index (κ2) is 13.0. The van der Waals surface area contributed by atoms with Gasteiger partial charge in [0.25, 0.3) is 0 Å². The van der Waals surface area contributed by atoms with Gasteiger partial charge in [0.15, 0.2) is 15.6 Å². The van der Waals surface area contributed by atoms with Crippen LogP contribution in [0.15, 0.2) is 53.4 Å². The van der Waals surface area contributed by atoms with Gasteiger partial charge < -0.3 is 10.6 Å². The third-order valence-corrected chi connectivity index (χ3v) is 8.58. The summed E-state index contributed by atoms with van der Waals surface area (Å²) in [5, 5.41) is 5.65. The largest absolute Gasteiger partial charge is 0.328 e. The maximum absolute atomic E-state index is 12.9. The van der Waals surface area contributed by atoms with E-state index in [1.54, 1.807) is 48.5 Å². The van der Waals surface area contributed by atoms with Crippen LogP contribution in [0.1, 0.15) is 76.3 Å². The van der Waals surface area contributed by atoms with Crippen molar-refractivity contribution in [2.24, 2.45) is 11.8 Å². The van der Waals surface area contributed by atoms with Crippen LogP contribution in [-0.2, 0) is 20.4 Å². The fourth-order valence-corrected chi connectivity index (χ4v) is 6.15. The second-order valence-electron chi connectivity index (χ2n) is 10.6. The molecular weight excluding hydrogens is 472 g/mol. The Hall–Kier alpha value is -2.67. The van der Waals surface area contributed by atoms with Crippen LogP contribution in [0.2, 0.25) is 0 Å². The van der Waals surface area contributed by atoms with Gasteiger partial charge in [-0.1, -0.05) is 75.8 Å². The van der Waals surface area contributed by atoms with Crippen LogP contribution >= 0.6 is 0 Å². The van der Waals surface area contributed by atoms with Crippen LogP contribution in [0.4, 0.5) is 10.5 Å². The normalized spacial score (nSPS) is 15.4. The number of urea groups is 1. The Morgan fingerprint density at radius 3 is 2.19 bits per heavy atom. The van der Waals surface area contributed by atoms with Crippen molar-refractivity contribution in [1.82, 2.24) is 5.32 Å². The zero-order valence-electron chi connectivity index (χ0n) is 21.8. The fraction of sp³-hybridized carbons (Fsp3) is 0.517. The first kappa shape index (κ1) is 27.9. The Morgan fingerprint density at radius 2 is 1.58 bits per heavy atom. The van der Waals surface area contributed by atoms with Crippen LogP contribution in [0.25, 0.3) is 0 Å². The van der Waals surface area contributed by atoms with E-state index in [9.17, 15) is 18.0 Å². The molecule has 0 aliphatic heterocycles. The summed E-state index contributed by atoms with van der Waals surface area (Å²) in [5.41, 5.74) is 2.18. The molecule has 0 unspecified atom stereocenters. The van der Waals surface area contributed by atoms with Crippen molar-refractivity contribution in [2.75, 3.05) is 5.32 Å². The zero-order chi connectivity index (χ0) is 26.1. The van der Waals surface area contributed by atoms with E-state index in [-0.39, 0.29) is 17.5 Å². The van der Waals surface area contributed by atoms with E-state index in [0.717, 1.165) is 12.0 Å². The molecule has 7 heteroatoms. The van der Waals surface area contributed by atoms with E-state index in [1.165, 1.54) is 32.1 Å². The highest BCUT2D eigenvalue weighted by Gasteiger charge is 2.23. The lowest BCUT2D eigenvalue weighted by atomic mass is 9.84. The lowest BCUT2D eigenvalue weighted by Crippen LogP contribution is -2.43. The molecule has 6 nitrogen and oxygen atoms in total. The zero-order valence-corrected chi connectivity index (χ0v) is 22.6. The number of hydrogen-bond donors (Lipinski definition) is 2. The van der Waals surface area contributed by atoms with Crippen molar-refractivity contribution in [2.45, 2.75) is 88.8 Å². The van der Waals surface area contributed by atoms with Crippen LogP contribution in [0, 0.1) is 18.8 Å². The minimum Gasteiger partial charge on any atom is -0.328 e. The molecule has 36 heavy (non-hydrogen) atoms. The molecule has 2 aromatic carbocycles. The Morgan fingerprint density at radius 1 is 0.944 bits per heavy atom. The molecule has 1 fully saturated rings. The van der Waals surface area contributed by atoms with Crippen LogP contribution in [0.5, 0.6) is 0 Å². The van der Waals surface area contributed by atoms with Crippen molar-refractivity contribution in [3.05, 3.63) is 59.7 Å². The first-order valence-corrected chi connectivity index (χ1v) is 14.8. The molecule has 1 aliphatic carbocycles. The molecule has 1 atom stereocenters. The molecule has 1 aliphatic rings. The molecule has 1 saturated carbocycles. The number of carbonyl (C=O) groups is 2. The van der Waals surface area contributed by atoms with Gasteiger partial charge in [-0.15, -0.1) is 0 Å². The summed E-state index contributed by atoms with van der Waals surface area (Å²) in [7, 11) is -3.45. The average Bonchev–Trinajstić information content (AvgIpc) is 2.84. The number of benzene rings is 2. The number of ketones is 1. The van der Waals surface area contributed by atoms with Gasteiger partial charge in [-0.2, -0.15) is 0 Å². The van der Waals surface area contributed by atoms with E-state index >= 15 is 0 Å². The summed E-state index contributed by atoms with van der Waals surface area (Å²) in [6.45, 7) is 6.01. The standard InChI is InChI=1S/C29H40N2O4S/c1-21(2)19-27(28(32)18-13-23-7-5-4-6-8-23)31-29(33)30-25-14-11-24(12-15-25)20-36(34,35)26-16-9-22(3)10-17-26/h9-12,14-17,21,23,27H,4-8,13,18-20H2,1-3H3,(H2,30,31,33)/t27-/m1/s1. The molecule has 0 spiro atoms. The Labute approximate surface area is 216 Å². The summed E-state index contributed by atoms with van der Waals surface area (Å²) in [5.74, 6) is 0.892. The van der Waals surface area contributed by atoms with Crippen molar-refractivity contribution >= 4 is 27.3 Å². The van der Waals surface area contributed by atoms with E-state index < -0.39 is 21.9 Å². The monoisotopic (exact) mass is 512 g/mol. The van der Waals surface area contributed by atoms with Gasteiger partial charge in [0, 0.05) is 12.1 Å². The van der Waals surface area contributed by atoms with Crippen LogP contribution < -0.4 is 10.6 Å². The van der Waals surface area contributed by atoms with E-state index in [4.69, 9.17) is 0 Å². The number of amides is 2. The predicted octanol–water partition coefficient (Wildman–Crippen LogP) is 6.43. The third-order valence-electron chi connectivity index (χ3n) is 6.87. The first-order valence-electron chi connectivity index (χ1n) is 13.1. The maximum Gasteiger partial charge on any atom is 0.319 e. The fourth-order valence-electron chi connectivity index (χ4n) is 4.80. The third kappa shape index (κ3) is 8.77. The number of anilines is 1. The molecular formula is C29H40N2O4S. The number of aryl methyl sites for hydroxylation is 1. The molecule has 3 rings (SSSR count). The summed E-state index contributed by atoms with van der Waals surface area (Å²) < 4.78 is 25.4. The number of sulfone groups is 1. The molecule has 2 N–H and O–H groups in total. The summed E-state index contributed by atoms with van der Waals surface area (Å²) in [6.07, 6.45) is 8.24. The Bertz CT molecular complexity index is 1100. The maximum atomic E-state index is 12.9. The molecule has 2 aromatic rings. The molecule has 196 valence electrons. The average molecular weight is 513 g/mol. The summed E-state index contributed by atoms with van der Waals surface area (Å²) in [4.78, 5) is 25.9. The van der Waals surface area contributed by atoms with Crippen molar-refractivity contribution < 1.29 is 18.0 Å². The van der Waals surface area contributed by atoms with Gasteiger partial charge in [-0.05, 0) is 61.4 Å². The highest BCUT2D eigenvalue weighted by atomic mass is 32.2. The van der Waals surface area contributed by atoms with E-state index in [2.05, 4.69) is 10.6 Å². The molecule has 0 saturated heterocycles.